The third kappa shape index (κ3) is 6.08. The first-order valence-corrected chi connectivity index (χ1v) is 9.94. The number of sulfonamides is 1. The molecule has 2 atom stereocenters. The Morgan fingerprint density at radius 1 is 1.35 bits per heavy atom. The number of benzene rings is 1. The molecule has 1 aliphatic heterocycles. The van der Waals surface area contributed by atoms with Crippen molar-refractivity contribution in [2.45, 2.75) is 44.3 Å². The Hall–Kier alpha value is -1.97. The van der Waals surface area contributed by atoms with E-state index in [2.05, 4.69) is 5.32 Å². The zero-order chi connectivity index (χ0) is 19.3. The van der Waals surface area contributed by atoms with Crippen LogP contribution in [0, 0.1) is 11.8 Å². The Bertz CT molecular complexity index is 745. The first-order valence-electron chi connectivity index (χ1n) is 8.40. The molecule has 2 unspecified atom stereocenters. The highest BCUT2D eigenvalue weighted by Gasteiger charge is 2.35. The molecule has 1 fully saturated rings. The van der Waals surface area contributed by atoms with Gasteiger partial charge in [0.2, 0.25) is 22.2 Å². The van der Waals surface area contributed by atoms with Crippen molar-refractivity contribution in [3.05, 3.63) is 24.3 Å². The highest BCUT2D eigenvalue weighted by atomic mass is 32.2. The summed E-state index contributed by atoms with van der Waals surface area (Å²) in [5.41, 5.74) is 0.453. The largest absolute Gasteiger partial charge is 0.436 e. The Morgan fingerprint density at radius 3 is 2.58 bits per heavy atom. The number of hydrogen-bond acceptors (Lipinski definition) is 6. The van der Waals surface area contributed by atoms with Gasteiger partial charge in [0.05, 0.1) is 17.4 Å². The number of cyclic esters (lactones) is 1. The number of esters is 1. The van der Waals surface area contributed by atoms with Gasteiger partial charge >= 0.3 is 5.97 Å². The van der Waals surface area contributed by atoms with Crippen molar-refractivity contribution in [2.75, 3.05) is 11.9 Å². The number of hydrogen-bond donors (Lipinski definition) is 2. The SMILES string of the molecule is CC(C)COC1CC(CCC(=O)Nc2ccc(S(N)(=O)=O)cc2)C(=O)O1. The molecular weight excluding hydrogens is 360 g/mol. The number of carbonyl (C=O) groups excluding carboxylic acids is 2. The van der Waals surface area contributed by atoms with E-state index in [0.29, 0.717) is 31.1 Å². The lowest BCUT2D eigenvalue weighted by atomic mass is 10.0. The number of nitrogens with one attached hydrogen (secondary N) is 1. The predicted molar refractivity (Wildman–Crippen MR) is 94.5 cm³/mol. The normalized spacial score (nSPS) is 20.2. The fraction of sp³-hybridized carbons (Fsp3) is 0.529. The summed E-state index contributed by atoms with van der Waals surface area (Å²) in [5, 5.41) is 7.67. The number of primary sulfonamides is 1. The van der Waals surface area contributed by atoms with Crippen LogP contribution in [0.1, 0.15) is 33.1 Å². The van der Waals surface area contributed by atoms with E-state index in [9.17, 15) is 18.0 Å². The quantitative estimate of drug-likeness (QED) is 0.656. The lowest BCUT2D eigenvalue weighted by molar-refractivity contribution is -0.165. The maximum Gasteiger partial charge on any atom is 0.311 e. The topological polar surface area (TPSA) is 125 Å². The lowest BCUT2D eigenvalue weighted by Gasteiger charge is -2.12. The van der Waals surface area contributed by atoms with E-state index in [1.54, 1.807) is 0 Å². The van der Waals surface area contributed by atoms with Crippen LogP contribution in [0.2, 0.25) is 0 Å². The average molecular weight is 384 g/mol. The third-order valence-electron chi connectivity index (χ3n) is 3.86. The fourth-order valence-electron chi connectivity index (χ4n) is 2.50. The van der Waals surface area contributed by atoms with Crippen molar-refractivity contribution in [3.8, 4) is 0 Å². The molecular formula is C17H24N2O6S. The molecule has 8 nitrogen and oxygen atoms in total. The maximum absolute atomic E-state index is 12.0. The highest BCUT2D eigenvalue weighted by molar-refractivity contribution is 7.89. The third-order valence-corrected chi connectivity index (χ3v) is 4.79. The second kappa shape index (κ2) is 8.61. The standard InChI is InChI=1S/C17H24N2O6S/c1-11(2)10-24-16-9-12(17(21)25-16)3-8-15(20)19-13-4-6-14(7-5-13)26(18,22)23/h4-7,11-12,16H,3,8-10H2,1-2H3,(H,19,20)(H2,18,22,23). The second-order valence-corrected chi connectivity index (χ2v) is 8.24. The Kier molecular flexibility index (Phi) is 6.74. The lowest BCUT2D eigenvalue weighted by Crippen LogP contribution is -2.16. The molecule has 1 amide bonds. The summed E-state index contributed by atoms with van der Waals surface area (Å²) in [6.45, 7) is 4.53. The van der Waals surface area contributed by atoms with Crippen molar-refractivity contribution in [1.29, 1.82) is 0 Å². The van der Waals surface area contributed by atoms with E-state index >= 15 is 0 Å². The van der Waals surface area contributed by atoms with Crippen LogP contribution >= 0.6 is 0 Å². The van der Waals surface area contributed by atoms with E-state index in [0.717, 1.165) is 0 Å². The molecule has 1 aliphatic rings. The van der Waals surface area contributed by atoms with Crippen LogP contribution in [0.15, 0.2) is 29.2 Å². The van der Waals surface area contributed by atoms with Crippen molar-refractivity contribution in [1.82, 2.24) is 0 Å². The summed E-state index contributed by atoms with van der Waals surface area (Å²) in [5.74, 6) is -0.626. The molecule has 26 heavy (non-hydrogen) atoms. The highest BCUT2D eigenvalue weighted by Crippen LogP contribution is 2.26. The molecule has 0 aliphatic carbocycles. The van der Waals surface area contributed by atoms with Crippen LogP contribution in [0.25, 0.3) is 0 Å². The van der Waals surface area contributed by atoms with Gasteiger partial charge in [-0.1, -0.05) is 13.8 Å². The van der Waals surface area contributed by atoms with Gasteiger partial charge < -0.3 is 14.8 Å². The molecule has 0 spiro atoms. The summed E-state index contributed by atoms with van der Waals surface area (Å²) in [6, 6.07) is 5.54. The van der Waals surface area contributed by atoms with E-state index in [-0.39, 0.29) is 29.1 Å². The van der Waals surface area contributed by atoms with Gasteiger partial charge in [-0.25, -0.2) is 13.6 Å². The molecule has 0 saturated carbocycles. The number of carbonyl (C=O) groups is 2. The molecule has 0 radical (unpaired) electrons. The van der Waals surface area contributed by atoms with Gasteiger partial charge in [-0.05, 0) is 36.6 Å². The molecule has 2 rings (SSSR count). The zero-order valence-electron chi connectivity index (χ0n) is 14.8. The van der Waals surface area contributed by atoms with Crippen molar-refractivity contribution < 1.29 is 27.5 Å². The van der Waals surface area contributed by atoms with Gasteiger partial charge in [0, 0.05) is 18.5 Å². The van der Waals surface area contributed by atoms with Gasteiger partial charge in [0.1, 0.15) is 0 Å². The van der Waals surface area contributed by atoms with E-state index in [4.69, 9.17) is 14.6 Å². The molecule has 144 valence electrons. The molecule has 1 saturated heterocycles. The Balaban J connectivity index is 1.79. The second-order valence-electron chi connectivity index (χ2n) is 6.68. The number of rotatable bonds is 8. The van der Waals surface area contributed by atoms with Crippen LogP contribution in [0.4, 0.5) is 5.69 Å². The van der Waals surface area contributed by atoms with Crippen molar-refractivity contribution in [3.63, 3.8) is 0 Å². The number of ether oxygens (including phenoxy) is 2. The molecule has 1 aromatic carbocycles. The first kappa shape index (κ1) is 20.3. The number of amides is 1. The number of nitrogens with two attached hydrogens (primary N) is 1. The zero-order valence-corrected chi connectivity index (χ0v) is 15.6. The molecule has 0 bridgehead atoms. The summed E-state index contributed by atoms with van der Waals surface area (Å²) >= 11 is 0. The van der Waals surface area contributed by atoms with Gasteiger partial charge in [-0.2, -0.15) is 0 Å². The number of anilines is 1. The minimum atomic E-state index is -3.77. The van der Waals surface area contributed by atoms with Gasteiger partial charge in [-0.3, -0.25) is 9.59 Å². The smallest absolute Gasteiger partial charge is 0.311 e. The molecule has 1 heterocycles. The Morgan fingerprint density at radius 2 is 2.00 bits per heavy atom. The van der Waals surface area contributed by atoms with Gasteiger partial charge in [0.25, 0.3) is 0 Å². The monoisotopic (exact) mass is 384 g/mol. The van der Waals surface area contributed by atoms with Crippen molar-refractivity contribution >= 4 is 27.6 Å². The predicted octanol–water partition coefficient (Wildman–Crippen LogP) is 1.61. The van der Waals surface area contributed by atoms with Crippen LogP contribution in [0.3, 0.4) is 0 Å². The van der Waals surface area contributed by atoms with Gasteiger partial charge in [0.15, 0.2) is 0 Å². The minimum Gasteiger partial charge on any atom is -0.436 e. The Labute approximate surface area is 153 Å². The summed E-state index contributed by atoms with van der Waals surface area (Å²) in [7, 11) is -3.77. The van der Waals surface area contributed by atoms with E-state index in [1.165, 1.54) is 24.3 Å². The molecule has 1 aromatic rings. The van der Waals surface area contributed by atoms with Gasteiger partial charge in [-0.15, -0.1) is 0 Å². The summed E-state index contributed by atoms with van der Waals surface area (Å²) in [4.78, 5) is 23.8. The van der Waals surface area contributed by atoms with Crippen LogP contribution in [0.5, 0.6) is 0 Å². The average Bonchev–Trinajstić information content (AvgIpc) is 2.91. The maximum atomic E-state index is 12.0. The summed E-state index contributed by atoms with van der Waals surface area (Å²) in [6.07, 6.45) is 0.417. The van der Waals surface area contributed by atoms with E-state index < -0.39 is 16.3 Å². The first-order chi connectivity index (χ1) is 12.1. The molecule has 3 N–H and O–H groups in total. The van der Waals surface area contributed by atoms with Crippen molar-refractivity contribution in [2.24, 2.45) is 17.0 Å². The van der Waals surface area contributed by atoms with Crippen LogP contribution in [-0.2, 0) is 29.1 Å². The van der Waals surface area contributed by atoms with Crippen LogP contribution in [-0.4, -0.2) is 33.2 Å². The molecule has 9 heteroatoms. The summed E-state index contributed by atoms with van der Waals surface area (Å²) < 4.78 is 33.0. The van der Waals surface area contributed by atoms with E-state index in [1.807, 2.05) is 13.8 Å². The molecule has 0 aromatic heterocycles. The minimum absolute atomic E-state index is 0.0309. The fourth-order valence-corrected chi connectivity index (χ4v) is 3.01. The van der Waals surface area contributed by atoms with Crippen LogP contribution < -0.4 is 10.5 Å².